The van der Waals surface area contributed by atoms with Crippen LogP contribution in [-0.2, 0) is 12.8 Å². The van der Waals surface area contributed by atoms with Gasteiger partial charge in [-0.25, -0.2) is 0 Å². The number of benzene rings is 6. The van der Waals surface area contributed by atoms with Crippen LogP contribution in [0, 0.1) is 22.7 Å². The molecule has 0 aromatic heterocycles. The van der Waals surface area contributed by atoms with Crippen molar-refractivity contribution in [2.45, 2.75) is 12.8 Å². The molecule has 0 saturated heterocycles. The van der Waals surface area contributed by atoms with Gasteiger partial charge in [0.25, 0.3) is 0 Å². The lowest BCUT2D eigenvalue weighted by atomic mass is 9.79. The minimum atomic E-state index is 0.213. The molecule has 0 fully saturated rings. The van der Waals surface area contributed by atoms with Crippen LogP contribution in [-0.4, -0.2) is 0 Å². The van der Waals surface area contributed by atoms with Gasteiger partial charge in [0, 0.05) is 20.1 Å². The second-order valence-electron chi connectivity index (χ2n) is 10.8. The van der Waals surface area contributed by atoms with Gasteiger partial charge in [0.1, 0.15) is 0 Å². The fourth-order valence-electron chi connectivity index (χ4n) is 5.86. The summed E-state index contributed by atoms with van der Waals surface area (Å²) >= 11 is 26.3. The molecule has 0 amide bonds. The summed E-state index contributed by atoms with van der Waals surface area (Å²) in [5.41, 5.74) is 10.7. The first-order chi connectivity index (χ1) is 22.3. The standard InChI is InChI=1S/C40H24Cl4N2/c41-31-9-1-5-27(21-31)35-17-25(13-15-45)18-36(28-6-2-10-32(42)22-28)39(35)40-37(29-7-3-11-33(43)23-29)19-26(14-16-46)20-38(40)30-8-4-12-34(44)24-30/h1-12,17-24H,13-14H2. The molecular formula is C40H24Cl4N2. The Balaban J connectivity index is 1.87. The quantitative estimate of drug-likeness (QED) is 0.169. The van der Waals surface area contributed by atoms with E-state index < -0.39 is 0 Å². The van der Waals surface area contributed by atoms with Crippen LogP contribution in [0.25, 0.3) is 55.6 Å². The summed E-state index contributed by atoms with van der Waals surface area (Å²) in [6.45, 7) is 0. The van der Waals surface area contributed by atoms with E-state index >= 15 is 0 Å². The summed E-state index contributed by atoms with van der Waals surface area (Å²) in [6.07, 6.45) is 0.426. The molecular weight excluding hydrogens is 650 g/mol. The molecule has 2 nitrogen and oxygen atoms in total. The van der Waals surface area contributed by atoms with Crippen molar-refractivity contribution in [1.29, 1.82) is 10.5 Å². The van der Waals surface area contributed by atoms with Crippen molar-refractivity contribution in [3.63, 3.8) is 0 Å². The van der Waals surface area contributed by atoms with E-state index in [-0.39, 0.29) is 12.8 Å². The number of hydrogen-bond acceptors (Lipinski definition) is 2. The molecule has 222 valence electrons. The SMILES string of the molecule is N#CCc1cc(-c2cccc(Cl)c2)c(-c2c(-c3cccc(Cl)c3)cc(CC#N)cc2-c2cccc(Cl)c2)c(-c2cccc(Cl)c2)c1. The molecule has 0 heterocycles. The van der Waals surface area contributed by atoms with Crippen LogP contribution in [0.5, 0.6) is 0 Å². The van der Waals surface area contributed by atoms with Crippen molar-refractivity contribution >= 4 is 46.4 Å². The first kappa shape index (κ1) is 31.4. The van der Waals surface area contributed by atoms with Gasteiger partial charge >= 0.3 is 0 Å². The van der Waals surface area contributed by atoms with E-state index in [1.807, 2.05) is 97.1 Å². The fraction of sp³-hybridized carbons (Fsp3) is 0.0500. The molecule has 0 aliphatic heterocycles. The maximum atomic E-state index is 9.79. The van der Waals surface area contributed by atoms with Gasteiger partial charge in [0.05, 0.1) is 25.0 Å². The van der Waals surface area contributed by atoms with E-state index in [1.165, 1.54) is 0 Å². The van der Waals surface area contributed by atoms with Crippen molar-refractivity contribution in [3.05, 3.63) is 153 Å². The highest BCUT2D eigenvalue weighted by molar-refractivity contribution is 6.32. The van der Waals surface area contributed by atoms with Crippen molar-refractivity contribution in [2.75, 3.05) is 0 Å². The lowest BCUT2D eigenvalue weighted by Gasteiger charge is -2.24. The second-order valence-corrected chi connectivity index (χ2v) is 12.6. The lowest BCUT2D eigenvalue weighted by Crippen LogP contribution is -2.00. The number of nitriles is 2. The number of hydrogen-bond donors (Lipinski definition) is 0. The van der Waals surface area contributed by atoms with Crippen LogP contribution in [0.3, 0.4) is 0 Å². The molecule has 0 spiro atoms. The van der Waals surface area contributed by atoms with Gasteiger partial charge in [-0.05, 0) is 140 Å². The number of nitrogens with zero attached hydrogens (tertiary/aromatic N) is 2. The van der Waals surface area contributed by atoms with Crippen LogP contribution < -0.4 is 0 Å². The number of rotatable bonds is 7. The molecule has 6 rings (SSSR count). The maximum absolute atomic E-state index is 9.79. The topological polar surface area (TPSA) is 47.6 Å². The van der Waals surface area contributed by atoms with E-state index in [9.17, 15) is 10.5 Å². The average Bonchev–Trinajstić information content (AvgIpc) is 3.04. The van der Waals surface area contributed by atoms with Gasteiger partial charge in [-0.15, -0.1) is 0 Å². The minimum Gasteiger partial charge on any atom is -0.198 e. The van der Waals surface area contributed by atoms with E-state index in [1.54, 1.807) is 0 Å². The molecule has 0 aliphatic rings. The predicted octanol–water partition coefficient (Wildman–Crippen LogP) is 12.8. The zero-order chi connectivity index (χ0) is 32.2. The molecule has 6 heteroatoms. The zero-order valence-electron chi connectivity index (χ0n) is 24.4. The van der Waals surface area contributed by atoms with Gasteiger partial charge in [0.15, 0.2) is 0 Å². The van der Waals surface area contributed by atoms with Crippen molar-refractivity contribution in [3.8, 4) is 67.8 Å². The van der Waals surface area contributed by atoms with E-state index in [0.717, 1.165) is 66.8 Å². The van der Waals surface area contributed by atoms with Crippen molar-refractivity contribution in [2.24, 2.45) is 0 Å². The molecule has 0 bridgehead atoms. The van der Waals surface area contributed by atoms with Gasteiger partial charge in [-0.1, -0.05) is 94.9 Å². The Morgan fingerprint density at radius 1 is 0.391 bits per heavy atom. The molecule has 0 aliphatic carbocycles. The highest BCUT2D eigenvalue weighted by Gasteiger charge is 2.24. The first-order valence-electron chi connectivity index (χ1n) is 14.5. The van der Waals surface area contributed by atoms with Crippen molar-refractivity contribution in [1.82, 2.24) is 0 Å². The normalized spacial score (nSPS) is 10.7. The van der Waals surface area contributed by atoms with Gasteiger partial charge in [-0.2, -0.15) is 10.5 Å². The maximum Gasteiger partial charge on any atom is 0.0669 e. The van der Waals surface area contributed by atoms with Crippen LogP contribution in [0.4, 0.5) is 0 Å². The fourth-order valence-corrected chi connectivity index (χ4v) is 6.63. The van der Waals surface area contributed by atoms with Crippen LogP contribution in [0.15, 0.2) is 121 Å². The third kappa shape index (κ3) is 6.68. The Hall–Kier alpha value is -4.54. The zero-order valence-corrected chi connectivity index (χ0v) is 27.4. The molecule has 0 N–H and O–H groups in total. The summed E-state index contributed by atoms with van der Waals surface area (Å²) in [5.74, 6) is 0. The van der Waals surface area contributed by atoms with Gasteiger partial charge in [0.2, 0.25) is 0 Å². The van der Waals surface area contributed by atoms with E-state index in [4.69, 9.17) is 46.4 Å². The van der Waals surface area contributed by atoms with E-state index in [2.05, 4.69) is 36.4 Å². The Labute approximate surface area is 288 Å². The summed E-state index contributed by atoms with van der Waals surface area (Å²) in [5, 5.41) is 21.9. The van der Waals surface area contributed by atoms with Crippen LogP contribution in [0.2, 0.25) is 20.1 Å². The Kier molecular flexibility index (Phi) is 9.46. The summed E-state index contributed by atoms with van der Waals surface area (Å²) < 4.78 is 0. The Bertz CT molecular complexity index is 1900. The highest BCUT2D eigenvalue weighted by Crippen LogP contribution is 2.50. The molecule has 6 aromatic rings. The van der Waals surface area contributed by atoms with Crippen LogP contribution >= 0.6 is 46.4 Å². The first-order valence-corrected chi connectivity index (χ1v) is 16.0. The predicted molar refractivity (Wildman–Crippen MR) is 192 cm³/mol. The number of halogens is 4. The third-order valence-electron chi connectivity index (χ3n) is 7.76. The summed E-state index contributed by atoms with van der Waals surface area (Å²) in [7, 11) is 0. The Morgan fingerprint density at radius 3 is 0.870 bits per heavy atom. The molecule has 0 unspecified atom stereocenters. The van der Waals surface area contributed by atoms with Gasteiger partial charge in [-0.3, -0.25) is 0 Å². The van der Waals surface area contributed by atoms with Crippen molar-refractivity contribution < 1.29 is 0 Å². The minimum absolute atomic E-state index is 0.213. The largest absolute Gasteiger partial charge is 0.198 e. The monoisotopic (exact) mass is 672 g/mol. The molecule has 6 aromatic carbocycles. The third-order valence-corrected chi connectivity index (χ3v) is 8.70. The molecule has 0 saturated carbocycles. The Morgan fingerprint density at radius 2 is 0.652 bits per heavy atom. The average molecular weight is 674 g/mol. The van der Waals surface area contributed by atoms with Gasteiger partial charge < -0.3 is 0 Å². The van der Waals surface area contributed by atoms with E-state index in [0.29, 0.717) is 20.1 Å². The lowest BCUT2D eigenvalue weighted by molar-refractivity contribution is 1.26. The second kappa shape index (κ2) is 13.8. The van der Waals surface area contributed by atoms with Crippen LogP contribution in [0.1, 0.15) is 11.1 Å². The molecule has 0 atom stereocenters. The highest BCUT2D eigenvalue weighted by atomic mass is 35.5. The summed E-state index contributed by atoms with van der Waals surface area (Å²) in [6, 6.07) is 43.7. The molecule has 0 radical (unpaired) electrons. The smallest absolute Gasteiger partial charge is 0.0669 e. The summed E-state index contributed by atoms with van der Waals surface area (Å²) in [4.78, 5) is 0. The molecule has 46 heavy (non-hydrogen) atoms.